The second kappa shape index (κ2) is 5.38. The summed E-state index contributed by atoms with van der Waals surface area (Å²) in [6.07, 6.45) is -4.99. The van der Waals surface area contributed by atoms with Crippen molar-refractivity contribution >= 4 is 21.6 Å². The van der Waals surface area contributed by atoms with Gasteiger partial charge in [0.25, 0.3) is 11.6 Å². The number of alkyl halides is 4. The molecule has 18 heavy (non-hydrogen) atoms. The summed E-state index contributed by atoms with van der Waals surface area (Å²) >= 11 is 2.94. The van der Waals surface area contributed by atoms with E-state index in [4.69, 9.17) is 0 Å². The maximum atomic E-state index is 12.1. The first kappa shape index (κ1) is 14.5. The lowest BCUT2D eigenvalue weighted by Gasteiger charge is -2.12. The Morgan fingerprint density at radius 1 is 1.56 bits per heavy atom. The van der Waals surface area contributed by atoms with Gasteiger partial charge in [0.1, 0.15) is 5.69 Å². The fourth-order valence-corrected chi connectivity index (χ4v) is 1.52. The fourth-order valence-electron chi connectivity index (χ4n) is 1.10. The van der Waals surface area contributed by atoms with Gasteiger partial charge in [0.2, 0.25) is 0 Å². The zero-order valence-electron chi connectivity index (χ0n) is 8.82. The summed E-state index contributed by atoms with van der Waals surface area (Å²) in [4.78, 5) is 13.4. The minimum absolute atomic E-state index is 0.00797. The van der Waals surface area contributed by atoms with E-state index in [0.29, 0.717) is 6.07 Å². The molecule has 100 valence electrons. The number of nitro groups is 1. The Labute approximate surface area is 107 Å². The van der Waals surface area contributed by atoms with Crippen LogP contribution in [0.15, 0.2) is 6.07 Å². The lowest BCUT2D eigenvalue weighted by atomic mass is 10.3. The molecule has 0 radical (unpaired) electrons. The summed E-state index contributed by atoms with van der Waals surface area (Å²) in [5.41, 5.74) is -0.654. The van der Waals surface area contributed by atoms with Crippen LogP contribution in [0, 0.1) is 10.1 Å². The summed E-state index contributed by atoms with van der Waals surface area (Å²) in [6, 6.07) is 0.621. The predicted octanol–water partition coefficient (Wildman–Crippen LogP) is 2.79. The monoisotopic (exact) mass is 330 g/mol. The first-order chi connectivity index (χ1) is 8.28. The maximum absolute atomic E-state index is 12.1. The standard InChI is InChI=1S/C8H6BrF3N2O4/c1-17-7-6(18-8(10,11)12)2-5(14(15)16)4(3-9)13-7/h2H,3H2,1H3. The molecule has 0 N–H and O–H groups in total. The minimum atomic E-state index is -4.99. The molecule has 0 saturated carbocycles. The van der Waals surface area contributed by atoms with Gasteiger partial charge in [0.05, 0.1) is 23.4 Å². The first-order valence-corrected chi connectivity index (χ1v) is 5.44. The van der Waals surface area contributed by atoms with E-state index >= 15 is 0 Å². The van der Waals surface area contributed by atoms with Crippen molar-refractivity contribution in [3.05, 3.63) is 21.9 Å². The van der Waals surface area contributed by atoms with Crippen LogP contribution in [0.3, 0.4) is 0 Å². The number of hydrogen-bond acceptors (Lipinski definition) is 5. The molecule has 0 atom stereocenters. The summed E-state index contributed by atoms with van der Waals surface area (Å²) in [5, 5.41) is 10.7. The molecule has 0 amide bonds. The molecule has 0 unspecified atom stereocenters. The van der Waals surface area contributed by atoms with Crippen LogP contribution >= 0.6 is 15.9 Å². The quantitative estimate of drug-likeness (QED) is 0.482. The highest BCUT2D eigenvalue weighted by atomic mass is 79.9. The zero-order valence-corrected chi connectivity index (χ0v) is 10.4. The highest BCUT2D eigenvalue weighted by Crippen LogP contribution is 2.35. The van der Waals surface area contributed by atoms with Crippen LogP contribution in [-0.2, 0) is 5.33 Å². The number of nitrogens with zero attached hydrogens (tertiary/aromatic N) is 2. The summed E-state index contributed by atoms with van der Waals surface area (Å²) in [6.45, 7) is 0. The molecule has 0 fully saturated rings. The molecule has 0 saturated heterocycles. The number of halogens is 4. The molecular formula is C8H6BrF3N2O4. The average Bonchev–Trinajstić information content (AvgIpc) is 2.26. The summed E-state index contributed by atoms with van der Waals surface area (Å²) in [7, 11) is 1.08. The van der Waals surface area contributed by atoms with E-state index in [2.05, 4.69) is 30.4 Å². The molecule has 1 aromatic heterocycles. The number of ether oxygens (including phenoxy) is 2. The third-order valence-corrected chi connectivity index (χ3v) is 2.28. The SMILES string of the molecule is COc1nc(CBr)c([N+](=O)[O-])cc1OC(F)(F)F. The van der Waals surface area contributed by atoms with Crippen LogP contribution in [0.25, 0.3) is 0 Å². The Kier molecular flexibility index (Phi) is 4.33. The second-order valence-corrected chi connectivity index (χ2v) is 3.46. The minimum Gasteiger partial charge on any atom is -0.478 e. The smallest absolute Gasteiger partial charge is 0.478 e. The van der Waals surface area contributed by atoms with Gasteiger partial charge in [0, 0.05) is 0 Å². The first-order valence-electron chi connectivity index (χ1n) is 4.32. The Balaban J connectivity index is 3.32. The van der Waals surface area contributed by atoms with Gasteiger partial charge >= 0.3 is 6.36 Å². The van der Waals surface area contributed by atoms with Crippen LogP contribution in [0.2, 0.25) is 0 Å². The van der Waals surface area contributed by atoms with Crippen molar-refractivity contribution in [2.75, 3.05) is 7.11 Å². The van der Waals surface area contributed by atoms with Gasteiger partial charge in [0.15, 0.2) is 5.75 Å². The van der Waals surface area contributed by atoms with Crippen molar-refractivity contribution in [1.82, 2.24) is 4.98 Å². The van der Waals surface area contributed by atoms with E-state index in [0.717, 1.165) is 7.11 Å². The van der Waals surface area contributed by atoms with E-state index in [1.165, 1.54) is 0 Å². The normalized spacial score (nSPS) is 11.2. The van der Waals surface area contributed by atoms with Gasteiger partial charge in [-0.15, -0.1) is 13.2 Å². The largest absolute Gasteiger partial charge is 0.573 e. The molecular weight excluding hydrogens is 325 g/mol. The van der Waals surface area contributed by atoms with E-state index in [1.807, 2.05) is 0 Å². The molecule has 1 rings (SSSR count). The Morgan fingerprint density at radius 3 is 2.56 bits per heavy atom. The van der Waals surface area contributed by atoms with Crippen molar-refractivity contribution in [1.29, 1.82) is 0 Å². The van der Waals surface area contributed by atoms with Gasteiger partial charge < -0.3 is 9.47 Å². The molecule has 10 heteroatoms. The van der Waals surface area contributed by atoms with Gasteiger partial charge in [-0.1, -0.05) is 15.9 Å². The number of rotatable bonds is 4. The molecule has 0 aromatic carbocycles. The molecule has 0 aliphatic heterocycles. The predicted molar refractivity (Wildman–Crippen MR) is 56.8 cm³/mol. The number of aromatic nitrogens is 1. The van der Waals surface area contributed by atoms with Crippen molar-refractivity contribution in [2.24, 2.45) is 0 Å². The molecule has 1 aromatic rings. The van der Waals surface area contributed by atoms with E-state index in [1.54, 1.807) is 0 Å². The molecule has 1 heterocycles. The highest BCUT2D eigenvalue weighted by molar-refractivity contribution is 9.08. The molecule has 0 aliphatic rings. The number of methoxy groups -OCH3 is 1. The summed E-state index contributed by atoms with van der Waals surface area (Å²) < 4.78 is 44.5. The van der Waals surface area contributed by atoms with Crippen molar-refractivity contribution in [2.45, 2.75) is 11.7 Å². The Morgan fingerprint density at radius 2 is 2.17 bits per heavy atom. The van der Waals surface area contributed by atoms with Gasteiger partial charge in [-0.2, -0.15) is 0 Å². The van der Waals surface area contributed by atoms with Crippen LogP contribution in [0.5, 0.6) is 11.6 Å². The summed E-state index contributed by atoms with van der Waals surface area (Å²) in [5.74, 6) is -1.34. The Bertz CT molecular complexity index is 466. The van der Waals surface area contributed by atoms with E-state index in [9.17, 15) is 23.3 Å². The van der Waals surface area contributed by atoms with Gasteiger partial charge in [-0.3, -0.25) is 10.1 Å². The lowest BCUT2D eigenvalue weighted by molar-refractivity contribution is -0.386. The highest BCUT2D eigenvalue weighted by Gasteiger charge is 2.34. The fraction of sp³-hybridized carbons (Fsp3) is 0.375. The maximum Gasteiger partial charge on any atom is 0.573 e. The van der Waals surface area contributed by atoms with E-state index in [-0.39, 0.29) is 11.0 Å². The van der Waals surface area contributed by atoms with Gasteiger partial charge in [-0.05, 0) is 0 Å². The zero-order chi connectivity index (χ0) is 13.9. The molecule has 0 spiro atoms. The molecule has 0 aliphatic carbocycles. The average molecular weight is 331 g/mol. The van der Waals surface area contributed by atoms with Crippen LogP contribution in [-0.4, -0.2) is 23.4 Å². The van der Waals surface area contributed by atoms with Crippen molar-refractivity contribution in [3.63, 3.8) is 0 Å². The number of pyridine rings is 1. The van der Waals surface area contributed by atoms with Crippen LogP contribution in [0.4, 0.5) is 18.9 Å². The lowest BCUT2D eigenvalue weighted by Crippen LogP contribution is -2.18. The van der Waals surface area contributed by atoms with E-state index < -0.39 is 28.6 Å². The second-order valence-electron chi connectivity index (χ2n) is 2.90. The van der Waals surface area contributed by atoms with Gasteiger partial charge in [-0.25, -0.2) is 4.98 Å². The van der Waals surface area contributed by atoms with Crippen LogP contribution in [0.1, 0.15) is 5.69 Å². The number of hydrogen-bond donors (Lipinski definition) is 0. The Hall–Kier alpha value is -1.58. The third kappa shape index (κ3) is 3.45. The van der Waals surface area contributed by atoms with Crippen LogP contribution < -0.4 is 9.47 Å². The topological polar surface area (TPSA) is 74.5 Å². The van der Waals surface area contributed by atoms with Crippen molar-refractivity contribution in [3.8, 4) is 11.6 Å². The third-order valence-electron chi connectivity index (χ3n) is 1.75. The molecule has 6 nitrogen and oxygen atoms in total. The molecule has 0 bridgehead atoms. The van der Waals surface area contributed by atoms with Crippen molar-refractivity contribution < 1.29 is 27.6 Å².